The number of aliphatic hydroxyl groups excluding tert-OH is 1. The highest BCUT2D eigenvalue weighted by molar-refractivity contribution is 6.39. The van der Waals surface area contributed by atoms with E-state index in [0.29, 0.717) is 17.4 Å². The molecule has 1 aromatic rings. The predicted octanol–water partition coefficient (Wildman–Crippen LogP) is 2.69. The van der Waals surface area contributed by atoms with Crippen molar-refractivity contribution in [1.29, 1.82) is 0 Å². The molecule has 0 aromatic heterocycles. The van der Waals surface area contributed by atoms with Gasteiger partial charge < -0.3 is 14.6 Å². The van der Waals surface area contributed by atoms with Crippen molar-refractivity contribution in [2.45, 2.75) is 13.8 Å². The number of carbonyl (C=O) groups is 2. The van der Waals surface area contributed by atoms with Gasteiger partial charge in [0.2, 0.25) is 0 Å². The molecular formula is C14H15ClO5. The zero-order valence-corrected chi connectivity index (χ0v) is 12.2. The average molecular weight is 299 g/mol. The molecule has 5 nitrogen and oxygen atoms in total. The summed E-state index contributed by atoms with van der Waals surface area (Å²) in [6, 6.07) is 3.12. The van der Waals surface area contributed by atoms with Gasteiger partial charge in [-0.05, 0) is 31.5 Å². The lowest BCUT2D eigenvalue weighted by Crippen LogP contribution is -2.13. The second kappa shape index (κ2) is 6.96. The zero-order valence-electron chi connectivity index (χ0n) is 11.4. The summed E-state index contributed by atoms with van der Waals surface area (Å²) in [5, 5.41) is 10.4. The van der Waals surface area contributed by atoms with E-state index in [4.69, 9.17) is 16.3 Å². The number of carbonyl (C=O) groups excluding carboxylic acids is 2. The van der Waals surface area contributed by atoms with Gasteiger partial charge in [0, 0.05) is 11.1 Å². The maximum atomic E-state index is 11.4. The van der Waals surface area contributed by atoms with Crippen LogP contribution in [0.25, 0.3) is 5.76 Å². The molecule has 1 N–H and O–H groups in total. The molecule has 0 aliphatic carbocycles. The Morgan fingerprint density at radius 1 is 1.40 bits per heavy atom. The molecule has 1 aromatic carbocycles. The van der Waals surface area contributed by atoms with Gasteiger partial charge in [0.05, 0.1) is 19.3 Å². The Bertz CT molecular complexity index is 563. The quantitative estimate of drug-likeness (QED) is 0.391. The Balaban J connectivity index is 3.23. The summed E-state index contributed by atoms with van der Waals surface area (Å²) in [5.74, 6) is -2.07. The predicted molar refractivity (Wildman–Crippen MR) is 75.0 cm³/mol. The van der Waals surface area contributed by atoms with Gasteiger partial charge in [-0.1, -0.05) is 11.6 Å². The van der Waals surface area contributed by atoms with Crippen molar-refractivity contribution in [3.05, 3.63) is 34.4 Å². The number of aryl methyl sites for hydroxylation is 1. The van der Waals surface area contributed by atoms with Crippen LogP contribution in [0, 0.1) is 6.92 Å². The normalized spacial score (nSPS) is 11.1. The Kier molecular flexibility index (Phi) is 5.58. The summed E-state index contributed by atoms with van der Waals surface area (Å²) in [6.07, 6.45) is 0.773. The fourth-order valence-corrected chi connectivity index (χ4v) is 1.66. The SMILES string of the molecule is CCOc1cc(C)c(Cl)cc1/C(O)=C/C(=O)C(=O)OC. The van der Waals surface area contributed by atoms with Crippen molar-refractivity contribution in [2.75, 3.05) is 13.7 Å². The van der Waals surface area contributed by atoms with Crippen molar-refractivity contribution in [3.8, 4) is 5.75 Å². The topological polar surface area (TPSA) is 72.8 Å². The molecule has 0 saturated heterocycles. The van der Waals surface area contributed by atoms with Gasteiger partial charge in [-0.2, -0.15) is 0 Å². The van der Waals surface area contributed by atoms with Crippen LogP contribution in [0.3, 0.4) is 0 Å². The number of hydrogen-bond donors (Lipinski definition) is 1. The van der Waals surface area contributed by atoms with Crippen LogP contribution >= 0.6 is 11.6 Å². The number of ketones is 1. The first kappa shape index (κ1) is 16.0. The molecule has 0 spiro atoms. The first-order valence-electron chi connectivity index (χ1n) is 5.87. The standard InChI is InChI=1S/C14H15ClO5/c1-4-20-13-5-8(2)10(15)6-9(13)11(16)7-12(17)14(18)19-3/h5-7,16H,4H2,1-3H3/b11-7-. The fourth-order valence-electron chi connectivity index (χ4n) is 1.49. The maximum absolute atomic E-state index is 11.4. The smallest absolute Gasteiger partial charge is 0.378 e. The van der Waals surface area contributed by atoms with Crippen LogP contribution in [0.5, 0.6) is 5.75 Å². The molecule has 108 valence electrons. The first-order chi connectivity index (χ1) is 9.40. The van der Waals surface area contributed by atoms with E-state index in [1.807, 2.05) is 0 Å². The van der Waals surface area contributed by atoms with Gasteiger partial charge in [0.1, 0.15) is 11.5 Å². The molecule has 0 aliphatic heterocycles. The monoisotopic (exact) mass is 298 g/mol. The molecule has 20 heavy (non-hydrogen) atoms. The van der Waals surface area contributed by atoms with E-state index in [1.54, 1.807) is 19.9 Å². The van der Waals surface area contributed by atoms with E-state index in [9.17, 15) is 14.7 Å². The molecule has 0 heterocycles. The van der Waals surface area contributed by atoms with Gasteiger partial charge in [-0.15, -0.1) is 0 Å². The van der Waals surface area contributed by atoms with Crippen LogP contribution in [0.1, 0.15) is 18.1 Å². The number of methoxy groups -OCH3 is 1. The summed E-state index contributed by atoms with van der Waals surface area (Å²) in [5.41, 5.74) is 1.01. The van der Waals surface area contributed by atoms with E-state index < -0.39 is 17.5 Å². The van der Waals surface area contributed by atoms with Gasteiger partial charge in [-0.25, -0.2) is 4.79 Å². The van der Waals surface area contributed by atoms with Crippen LogP contribution in [0.15, 0.2) is 18.2 Å². The van der Waals surface area contributed by atoms with Crippen molar-refractivity contribution in [3.63, 3.8) is 0 Å². The fraction of sp³-hybridized carbons (Fsp3) is 0.286. The number of hydrogen-bond acceptors (Lipinski definition) is 5. The van der Waals surface area contributed by atoms with Crippen LogP contribution in [0.2, 0.25) is 5.02 Å². The van der Waals surface area contributed by atoms with Crippen molar-refractivity contribution < 1.29 is 24.2 Å². The molecule has 0 unspecified atom stereocenters. The Labute approximate surface area is 121 Å². The van der Waals surface area contributed by atoms with E-state index >= 15 is 0 Å². The largest absolute Gasteiger partial charge is 0.507 e. The summed E-state index contributed by atoms with van der Waals surface area (Å²) in [7, 11) is 1.08. The van der Waals surface area contributed by atoms with Crippen LogP contribution in [-0.2, 0) is 14.3 Å². The van der Waals surface area contributed by atoms with Gasteiger partial charge in [-0.3, -0.25) is 4.79 Å². The first-order valence-corrected chi connectivity index (χ1v) is 6.24. The lowest BCUT2D eigenvalue weighted by atomic mass is 10.1. The number of ether oxygens (including phenoxy) is 2. The molecule has 0 atom stereocenters. The van der Waals surface area contributed by atoms with Crippen LogP contribution < -0.4 is 4.74 Å². The third-order valence-electron chi connectivity index (χ3n) is 2.49. The number of halogens is 1. The summed E-state index contributed by atoms with van der Waals surface area (Å²) >= 11 is 5.99. The highest BCUT2D eigenvalue weighted by Gasteiger charge is 2.16. The van der Waals surface area contributed by atoms with Gasteiger partial charge in [0.15, 0.2) is 0 Å². The molecule has 6 heteroatoms. The molecule has 0 amide bonds. The van der Waals surface area contributed by atoms with Crippen molar-refractivity contribution in [1.82, 2.24) is 0 Å². The number of benzene rings is 1. The molecule has 0 saturated carbocycles. The molecule has 0 fully saturated rings. The maximum Gasteiger partial charge on any atom is 0.378 e. The third kappa shape index (κ3) is 3.74. The Hall–Kier alpha value is -2.01. The Morgan fingerprint density at radius 3 is 2.60 bits per heavy atom. The minimum atomic E-state index is -1.06. The van der Waals surface area contributed by atoms with Crippen molar-refractivity contribution in [2.24, 2.45) is 0 Å². The average Bonchev–Trinajstić information content (AvgIpc) is 2.41. The lowest BCUT2D eigenvalue weighted by Gasteiger charge is -2.11. The van der Waals surface area contributed by atoms with Gasteiger partial charge >= 0.3 is 5.97 Å². The third-order valence-corrected chi connectivity index (χ3v) is 2.90. The molecule has 1 rings (SSSR count). The lowest BCUT2D eigenvalue weighted by molar-refractivity contribution is -0.149. The van der Waals surface area contributed by atoms with Crippen LogP contribution in [-0.4, -0.2) is 30.6 Å². The summed E-state index contributed by atoms with van der Waals surface area (Å²) < 4.78 is 9.64. The minimum Gasteiger partial charge on any atom is -0.507 e. The molecule has 0 aliphatic rings. The van der Waals surface area contributed by atoms with E-state index in [2.05, 4.69) is 4.74 Å². The zero-order chi connectivity index (χ0) is 15.3. The highest BCUT2D eigenvalue weighted by Crippen LogP contribution is 2.30. The number of aliphatic hydroxyl groups is 1. The van der Waals surface area contributed by atoms with E-state index in [0.717, 1.165) is 18.7 Å². The molecule has 0 bridgehead atoms. The number of esters is 1. The summed E-state index contributed by atoms with van der Waals surface area (Å²) in [6.45, 7) is 3.95. The second-order valence-electron chi connectivity index (χ2n) is 3.92. The van der Waals surface area contributed by atoms with E-state index in [-0.39, 0.29) is 5.56 Å². The number of rotatable bonds is 5. The van der Waals surface area contributed by atoms with Gasteiger partial charge in [0.25, 0.3) is 5.78 Å². The summed E-state index contributed by atoms with van der Waals surface area (Å²) in [4.78, 5) is 22.4. The minimum absolute atomic E-state index is 0.236. The molecular weight excluding hydrogens is 284 g/mol. The Morgan fingerprint density at radius 2 is 2.05 bits per heavy atom. The second-order valence-corrected chi connectivity index (χ2v) is 4.32. The van der Waals surface area contributed by atoms with E-state index in [1.165, 1.54) is 6.07 Å². The molecule has 0 radical (unpaired) electrons. The van der Waals surface area contributed by atoms with Crippen molar-refractivity contribution >= 4 is 29.1 Å². The highest BCUT2D eigenvalue weighted by atomic mass is 35.5. The van der Waals surface area contributed by atoms with Crippen LogP contribution in [0.4, 0.5) is 0 Å².